The molecule has 0 amide bonds. The predicted molar refractivity (Wildman–Crippen MR) is 34.9 cm³/mol. The summed E-state index contributed by atoms with van der Waals surface area (Å²) in [5.74, 6) is 0.277. The molecule has 1 aromatic heterocycles. The Morgan fingerprint density at radius 2 is 2.60 bits per heavy atom. The molecule has 1 heterocycles. The highest BCUT2D eigenvalue weighted by Crippen LogP contribution is 2.20. The summed E-state index contributed by atoms with van der Waals surface area (Å²) in [6.07, 6.45) is 1.51. The molecule has 0 unspecified atom stereocenters. The van der Waals surface area contributed by atoms with E-state index >= 15 is 0 Å². The summed E-state index contributed by atoms with van der Waals surface area (Å²) in [6, 6.07) is 0. The molecule has 0 aliphatic rings. The molecule has 0 N–H and O–H groups in total. The molecule has 10 heavy (non-hydrogen) atoms. The summed E-state index contributed by atoms with van der Waals surface area (Å²) < 4.78 is 5.92. The minimum Gasteiger partial charge on any atom is -0.424 e. The normalized spacial score (nSPS) is 9.40. The van der Waals surface area contributed by atoms with E-state index in [2.05, 4.69) is 9.84 Å². The average Bonchev–Trinajstić information content (AvgIpc) is 2.13. The van der Waals surface area contributed by atoms with Gasteiger partial charge in [0.05, 0.1) is 6.20 Å². The first kappa shape index (κ1) is 7.08. The fraction of sp³-hybridized carbons (Fsp3) is 0.200. The van der Waals surface area contributed by atoms with Gasteiger partial charge in [-0.05, 0) is 0 Å². The molecular weight excluding hydrogens is 156 g/mol. The average molecular weight is 161 g/mol. The Hall–Kier alpha value is -1.03. The number of carbonyl (C=O) groups excluding carboxylic acids is 1. The summed E-state index contributed by atoms with van der Waals surface area (Å²) in [5, 5.41) is 3.92. The second-order valence-corrected chi connectivity index (χ2v) is 2.03. The Morgan fingerprint density at radius 3 is 3.00 bits per heavy atom. The van der Waals surface area contributed by atoms with Crippen LogP contribution in [0.2, 0.25) is 5.15 Å². The molecule has 0 saturated carbocycles. The van der Waals surface area contributed by atoms with Crippen LogP contribution in [0.25, 0.3) is 0 Å². The smallest absolute Gasteiger partial charge is 0.298 e. The lowest BCUT2D eigenvalue weighted by Gasteiger charge is -1.87. The quantitative estimate of drug-likeness (QED) is 0.596. The molecule has 54 valence electrons. The van der Waals surface area contributed by atoms with Crippen molar-refractivity contribution in [3.63, 3.8) is 0 Å². The number of ether oxygens (including phenoxy) is 1. The highest BCUT2D eigenvalue weighted by molar-refractivity contribution is 6.30. The largest absolute Gasteiger partial charge is 0.424 e. The number of carbonyl (C=O) groups is 1. The highest BCUT2D eigenvalue weighted by atomic mass is 35.5. The molecule has 0 saturated heterocycles. The van der Waals surface area contributed by atoms with Gasteiger partial charge in [-0.2, -0.15) is 5.10 Å². The van der Waals surface area contributed by atoms with Gasteiger partial charge in [0, 0.05) is 7.05 Å². The third-order valence-corrected chi connectivity index (χ3v) is 1.19. The zero-order valence-corrected chi connectivity index (χ0v) is 6.00. The molecule has 4 nitrogen and oxygen atoms in total. The Morgan fingerprint density at radius 1 is 1.90 bits per heavy atom. The topological polar surface area (TPSA) is 44.1 Å². The van der Waals surface area contributed by atoms with Crippen LogP contribution < -0.4 is 4.74 Å². The van der Waals surface area contributed by atoms with E-state index in [9.17, 15) is 4.79 Å². The second-order valence-electron chi connectivity index (χ2n) is 1.67. The molecule has 0 spiro atoms. The first-order valence-electron chi connectivity index (χ1n) is 2.53. The second kappa shape index (κ2) is 2.70. The van der Waals surface area contributed by atoms with Crippen molar-refractivity contribution in [2.75, 3.05) is 0 Å². The van der Waals surface area contributed by atoms with Gasteiger partial charge in [-0.1, -0.05) is 11.6 Å². The van der Waals surface area contributed by atoms with Crippen LogP contribution in [0.1, 0.15) is 0 Å². The minimum atomic E-state index is 0.189. The number of nitrogens with zero attached hydrogens (tertiary/aromatic N) is 2. The summed E-state index contributed by atoms with van der Waals surface area (Å²) in [4.78, 5) is 9.82. The Bertz CT molecular complexity index is 246. The number of rotatable bonds is 2. The van der Waals surface area contributed by atoms with E-state index < -0.39 is 0 Å². The number of aryl methyl sites for hydroxylation is 1. The van der Waals surface area contributed by atoms with Crippen LogP contribution in [0.3, 0.4) is 0 Å². The van der Waals surface area contributed by atoms with Crippen molar-refractivity contribution in [2.45, 2.75) is 0 Å². The lowest BCUT2D eigenvalue weighted by atomic mass is 10.6. The van der Waals surface area contributed by atoms with Gasteiger partial charge in [-0.3, -0.25) is 9.48 Å². The van der Waals surface area contributed by atoms with E-state index in [1.807, 2.05) is 0 Å². The van der Waals surface area contributed by atoms with E-state index in [1.165, 1.54) is 10.9 Å². The van der Waals surface area contributed by atoms with Crippen LogP contribution in [0.15, 0.2) is 6.20 Å². The van der Waals surface area contributed by atoms with Crippen LogP contribution in [0, 0.1) is 0 Å². The minimum absolute atomic E-state index is 0.189. The first-order chi connectivity index (χ1) is 4.74. The van der Waals surface area contributed by atoms with E-state index in [-0.39, 0.29) is 10.9 Å². The van der Waals surface area contributed by atoms with Gasteiger partial charge in [-0.25, -0.2) is 0 Å². The van der Waals surface area contributed by atoms with Gasteiger partial charge >= 0.3 is 0 Å². The fourth-order valence-electron chi connectivity index (χ4n) is 0.570. The molecule has 0 aliphatic heterocycles. The van der Waals surface area contributed by atoms with Crippen LogP contribution in [0.4, 0.5) is 0 Å². The lowest BCUT2D eigenvalue weighted by molar-refractivity contribution is -0.120. The van der Waals surface area contributed by atoms with Crippen LogP contribution in [0.5, 0.6) is 5.75 Å². The summed E-state index contributed by atoms with van der Waals surface area (Å²) in [7, 11) is 1.68. The zero-order chi connectivity index (χ0) is 7.56. The lowest BCUT2D eigenvalue weighted by Crippen LogP contribution is -1.86. The van der Waals surface area contributed by atoms with Gasteiger partial charge in [0.1, 0.15) is 0 Å². The maximum atomic E-state index is 9.82. The zero-order valence-electron chi connectivity index (χ0n) is 5.24. The van der Waals surface area contributed by atoms with Gasteiger partial charge in [0.15, 0.2) is 10.9 Å². The van der Waals surface area contributed by atoms with Crippen molar-refractivity contribution in [3.05, 3.63) is 11.3 Å². The molecule has 0 fully saturated rings. The third kappa shape index (κ3) is 1.27. The maximum absolute atomic E-state index is 9.82. The monoisotopic (exact) mass is 160 g/mol. The molecule has 0 aromatic carbocycles. The van der Waals surface area contributed by atoms with E-state index in [0.717, 1.165) is 0 Å². The summed E-state index contributed by atoms with van der Waals surface area (Å²) in [6.45, 7) is 0.308. The van der Waals surface area contributed by atoms with Gasteiger partial charge in [-0.15, -0.1) is 0 Å². The van der Waals surface area contributed by atoms with Crippen LogP contribution >= 0.6 is 11.6 Å². The molecule has 0 aliphatic carbocycles. The summed E-state index contributed by atoms with van der Waals surface area (Å²) in [5.41, 5.74) is 0. The SMILES string of the molecule is Cn1cc(OC=O)c(Cl)n1. The van der Waals surface area contributed by atoms with Crippen molar-refractivity contribution in [3.8, 4) is 5.75 Å². The number of aromatic nitrogens is 2. The Labute approximate surface area is 62.3 Å². The predicted octanol–water partition coefficient (Wildman–Crippen LogP) is 0.609. The van der Waals surface area contributed by atoms with E-state index in [1.54, 1.807) is 7.05 Å². The first-order valence-corrected chi connectivity index (χ1v) is 2.91. The van der Waals surface area contributed by atoms with Crippen molar-refractivity contribution in [1.82, 2.24) is 9.78 Å². The van der Waals surface area contributed by atoms with Gasteiger partial charge in [0.25, 0.3) is 6.47 Å². The molecule has 1 aromatic rings. The fourth-order valence-corrected chi connectivity index (χ4v) is 0.783. The number of hydrogen-bond acceptors (Lipinski definition) is 3. The number of halogens is 1. The van der Waals surface area contributed by atoms with Crippen molar-refractivity contribution in [2.24, 2.45) is 7.05 Å². The molecule has 5 heteroatoms. The summed E-state index contributed by atoms with van der Waals surface area (Å²) >= 11 is 5.51. The van der Waals surface area contributed by atoms with Crippen molar-refractivity contribution < 1.29 is 9.53 Å². The highest BCUT2D eigenvalue weighted by Gasteiger charge is 2.03. The van der Waals surface area contributed by atoms with E-state index in [4.69, 9.17) is 11.6 Å². The standard InChI is InChI=1S/C5H5ClN2O2/c1-8-2-4(10-3-9)5(6)7-8/h2-3H,1H3. The third-order valence-electron chi connectivity index (χ3n) is 0.928. The molecule has 0 radical (unpaired) electrons. The molecule has 0 atom stereocenters. The molecule has 0 bridgehead atoms. The van der Waals surface area contributed by atoms with Crippen LogP contribution in [-0.2, 0) is 11.8 Å². The van der Waals surface area contributed by atoms with Crippen molar-refractivity contribution >= 4 is 18.1 Å². The number of hydrogen-bond donors (Lipinski definition) is 0. The molecular formula is C5H5ClN2O2. The van der Waals surface area contributed by atoms with Crippen LogP contribution in [-0.4, -0.2) is 16.3 Å². The van der Waals surface area contributed by atoms with Crippen molar-refractivity contribution in [1.29, 1.82) is 0 Å². The van der Waals surface area contributed by atoms with Gasteiger partial charge < -0.3 is 4.74 Å². The Kier molecular flexibility index (Phi) is 1.91. The molecule has 1 rings (SSSR count). The Balaban J connectivity index is 2.91. The maximum Gasteiger partial charge on any atom is 0.298 e. The van der Waals surface area contributed by atoms with E-state index in [0.29, 0.717) is 6.47 Å². The van der Waals surface area contributed by atoms with Gasteiger partial charge in [0.2, 0.25) is 0 Å².